The smallest absolute Gasteiger partial charge is 0.226 e. The third-order valence-corrected chi connectivity index (χ3v) is 3.46. The molecule has 1 heterocycles. The number of nitrogens with one attached hydrogen (secondary N) is 2. The molecule has 4 heteroatoms. The Labute approximate surface area is 120 Å². The van der Waals surface area contributed by atoms with Crippen LogP contribution in [0.4, 0.5) is 5.69 Å². The molecule has 1 amide bonds. The van der Waals surface area contributed by atoms with Crippen LogP contribution in [0.25, 0.3) is 0 Å². The lowest BCUT2D eigenvalue weighted by molar-refractivity contribution is -0.117. The minimum Gasteiger partial charge on any atom is -0.378 e. The fourth-order valence-electron chi connectivity index (χ4n) is 2.24. The van der Waals surface area contributed by atoms with E-state index in [2.05, 4.69) is 43.5 Å². The number of benzene rings is 1. The highest BCUT2D eigenvalue weighted by Gasteiger charge is 2.17. The number of carbonyl (C=O) groups excluding carboxylic acids is 1. The van der Waals surface area contributed by atoms with Gasteiger partial charge in [0.15, 0.2) is 0 Å². The summed E-state index contributed by atoms with van der Waals surface area (Å²) in [5, 5.41) is 6.21. The van der Waals surface area contributed by atoms with Gasteiger partial charge in [0.25, 0.3) is 0 Å². The average Bonchev–Trinajstić information content (AvgIpc) is 2.39. The third kappa shape index (κ3) is 4.32. The van der Waals surface area contributed by atoms with E-state index in [0.717, 1.165) is 18.8 Å². The summed E-state index contributed by atoms with van der Waals surface area (Å²) in [4.78, 5) is 12.0. The molecule has 1 aromatic carbocycles. The zero-order valence-corrected chi connectivity index (χ0v) is 12.5. The van der Waals surface area contributed by atoms with Crippen LogP contribution in [-0.2, 0) is 14.9 Å². The fourth-order valence-corrected chi connectivity index (χ4v) is 2.24. The normalized spacial score (nSPS) is 19.6. The summed E-state index contributed by atoms with van der Waals surface area (Å²) in [5.41, 5.74) is 2.24. The van der Waals surface area contributed by atoms with Gasteiger partial charge in [-0.15, -0.1) is 0 Å². The Morgan fingerprint density at radius 3 is 2.60 bits per heavy atom. The Kier molecular flexibility index (Phi) is 4.78. The number of ether oxygens (including phenoxy) is 1. The molecular weight excluding hydrogens is 252 g/mol. The molecule has 1 unspecified atom stereocenters. The zero-order chi connectivity index (χ0) is 14.6. The largest absolute Gasteiger partial charge is 0.378 e. The first-order chi connectivity index (χ1) is 9.45. The lowest BCUT2D eigenvalue weighted by Crippen LogP contribution is -2.43. The second-order valence-electron chi connectivity index (χ2n) is 6.31. The number of carbonyl (C=O) groups is 1. The summed E-state index contributed by atoms with van der Waals surface area (Å²) < 4.78 is 5.34. The van der Waals surface area contributed by atoms with Gasteiger partial charge in [-0.25, -0.2) is 0 Å². The summed E-state index contributed by atoms with van der Waals surface area (Å²) in [6, 6.07) is 8.18. The van der Waals surface area contributed by atoms with Crippen LogP contribution >= 0.6 is 0 Å². The van der Waals surface area contributed by atoms with Gasteiger partial charge < -0.3 is 15.4 Å². The first kappa shape index (κ1) is 15.0. The Morgan fingerprint density at radius 2 is 2.05 bits per heavy atom. The molecule has 0 spiro atoms. The molecule has 0 bridgehead atoms. The first-order valence-electron chi connectivity index (χ1n) is 7.17. The van der Waals surface area contributed by atoms with E-state index in [0.29, 0.717) is 13.0 Å². The molecule has 110 valence electrons. The number of anilines is 1. The molecule has 0 radical (unpaired) electrons. The Morgan fingerprint density at radius 1 is 1.35 bits per heavy atom. The molecule has 2 N–H and O–H groups in total. The fraction of sp³-hybridized carbons (Fsp3) is 0.562. The van der Waals surface area contributed by atoms with E-state index in [9.17, 15) is 4.79 Å². The van der Waals surface area contributed by atoms with Crippen molar-refractivity contribution in [3.05, 3.63) is 29.8 Å². The maximum atomic E-state index is 12.0. The molecular formula is C16H24N2O2. The van der Waals surface area contributed by atoms with Gasteiger partial charge in [-0.3, -0.25) is 4.79 Å². The molecule has 1 saturated heterocycles. The Bertz CT molecular complexity index is 443. The van der Waals surface area contributed by atoms with Crippen LogP contribution in [0.5, 0.6) is 0 Å². The van der Waals surface area contributed by atoms with Crippen molar-refractivity contribution in [3.8, 4) is 0 Å². The van der Waals surface area contributed by atoms with E-state index < -0.39 is 0 Å². The van der Waals surface area contributed by atoms with E-state index in [4.69, 9.17) is 4.74 Å². The maximum absolute atomic E-state index is 12.0. The standard InChI is InChI=1S/C16H24N2O2/c1-16(2,3)12-4-6-13(7-5-12)18-15(19)10-14-11-20-9-8-17-14/h4-7,14,17H,8-11H2,1-3H3,(H,18,19). The highest BCUT2D eigenvalue weighted by Crippen LogP contribution is 2.23. The number of amides is 1. The molecule has 0 saturated carbocycles. The number of hydrogen-bond donors (Lipinski definition) is 2. The van der Waals surface area contributed by atoms with Crippen molar-refractivity contribution >= 4 is 11.6 Å². The molecule has 2 rings (SSSR count). The average molecular weight is 276 g/mol. The van der Waals surface area contributed by atoms with Crippen molar-refractivity contribution in [2.45, 2.75) is 38.6 Å². The molecule has 0 aliphatic carbocycles. The van der Waals surface area contributed by atoms with E-state index in [1.807, 2.05) is 12.1 Å². The highest BCUT2D eigenvalue weighted by atomic mass is 16.5. The summed E-state index contributed by atoms with van der Waals surface area (Å²) in [6.07, 6.45) is 0.445. The number of rotatable bonds is 3. The SMILES string of the molecule is CC(C)(C)c1ccc(NC(=O)CC2COCCN2)cc1. The molecule has 1 aromatic rings. The monoisotopic (exact) mass is 276 g/mol. The van der Waals surface area contributed by atoms with Crippen molar-refractivity contribution in [1.82, 2.24) is 5.32 Å². The van der Waals surface area contributed by atoms with Crippen LogP contribution in [0.1, 0.15) is 32.8 Å². The molecule has 1 atom stereocenters. The Balaban J connectivity index is 1.87. The van der Waals surface area contributed by atoms with Crippen molar-refractivity contribution in [3.63, 3.8) is 0 Å². The van der Waals surface area contributed by atoms with Crippen LogP contribution in [-0.4, -0.2) is 31.7 Å². The van der Waals surface area contributed by atoms with Crippen molar-refractivity contribution < 1.29 is 9.53 Å². The van der Waals surface area contributed by atoms with Gasteiger partial charge in [0.1, 0.15) is 0 Å². The second-order valence-corrected chi connectivity index (χ2v) is 6.31. The van der Waals surface area contributed by atoms with Crippen LogP contribution < -0.4 is 10.6 Å². The quantitative estimate of drug-likeness (QED) is 0.890. The zero-order valence-electron chi connectivity index (χ0n) is 12.5. The number of hydrogen-bond acceptors (Lipinski definition) is 3. The van der Waals surface area contributed by atoms with Crippen LogP contribution in [0, 0.1) is 0 Å². The van der Waals surface area contributed by atoms with Gasteiger partial charge in [0.2, 0.25) is 5.91 Å². The molecule has 1 fully saturated rings. The third-order valence-electron chi connectivity index (χ3n) is 3.46. The summed E-state index contributed by atoms with van der Waals surface area (Å²) in [7, 11) is 0. The lowest BCUT2D eigenvalue weighted by Gasteiger charge is -2.23. The molecule has 20 heavy (non-hydrogen) atoms. The van der Waals surface area contributed by atoms with Gasteiger partial charge in [0, 0.05) is 24.7 Å². The van der Waals surface area contributed by atoms with Crippen molar-refractivity contribution in [2.24, 2.45) is 0 Å². The molecule has 1 aliphatic rings. The van der Waals surface area contributed by atoms with Crippen LogP contribution in [0.2, 0.25) is 0 Å². The van der Waals surface area contributed by atoms with Gasteiger partial charge in [-0.2, -0.15) is 0 Å². The molecule has 4 nitrogen and oxygen atoms in total. The minimum atomic E-state index is 0.0245. The van der Waals surface area contributed by atoms with E-state index >= 15 is 0 Å². The van der Waals surface area contributed by atoms with Crippen molar-refractivity contribution in [2.75, 3.05) is 25.1 Å². The van der Waals surface area contributed by atoms with E-state index in [-0.39, 0.29) is 17.4 Å². The molecule has 0 aromatic heterocycles. The lowest BCUT2D eigenvalue weighted by atomic mass is 9.87. The summed E-state index contributed by atoms with van der Waals surface area (Å²) >= 11 is 0. The Hall–Kier alpha value is -1.39. The predicted octanol–water partition coefficient (Wildman–Crippen LogP) is 2.30. The first-order valence-corrected chi connectivity index (χ1v) is 7.17. The topological polar surface area (TPSA) is 50.4 Å². The van der Waals surface area contributed by atoms with Crippen molar-refractivity contribution in [1.29, 1.82) is 0 Å². The van der Waals surface area contributed by atoms with Gasteiger partial charge in [-0.05, 0) is 23.1 Å². The van der Waals surface area contributed by atoms with Gasteiger partial charge >= 0.3 is 0 Å². The minimum absolute atomic E-state index is 0.0245. The van der Waals surface area contributed by atoms with Gasteiger partial charge in [-0.1, -0.05) is 32.9 Å². The van der Waals surface area contributed by atoms with E-state index in [1.54, 1.807) is 0 Å². The van der Waals surface area contributed by atoms with Crippen LogP contribution in [0.15, 0.2) is 24.3 Å². The molecule has 1 aliphatic heterocycles. The van der Waals surface area contributed by atoms with Crippen LogP contribution in [0.3, 0.4) is 0 Å². The number of morpholine rings is 1. The van der Waals surface area contributed by atoms with Gasteiger partial charge in [0.05, 0.1) is 13.2 Å². The second kappa shape index (κ2) is 6.37. The highest BCUT2D eigenvalue weighted by molar-refractivity contribution is 5.91. The van der Waals surface area contributed by atoms with E-state index in [1.165, 1.54) is 5.56 Å². The summed E-state index contributed by atoms with van der Waals surface area (Å²) in [6.45, 7) is 8.68. The predicted molar refractivity (Wildman–Crippen MR) is 81.0 cm³/mol. The maximum Gasteiger partial charge on any atom is 0.226 e. The summed E-state index contributed by atoms with van der Waals surface area (Å²) in [5.74, 6) is 0.0245.